The smallest absolute Gasteiger partial charge is 0.0216 e. The van der Waals surface area contributed by atoms with Gasteiger partial charge in [0.1, 0.15) is 0 Å². The Balaban J connectivity index is 2.01. The Morgan fingerprint density at radius 1 is 1.64 bits per heavy atom. The van der Waals surface area contributed by atoms with E-state index in [9.17, 15) is 0 Å². The molecule has 1 aromatic rings. The normalized spacial score (nSPS) is 40.5. The molecule has 58 valence electrons. The van der Waals surface area contributed by atoms with Gasteiger partial charge in [-0.2, -0.15) is 0 Å². The molecule has 0 aromatic carbocycles. The van der Waals surface area contributed by atoms with E-state index in [2.05, 4.69) is 22.8 Å². The minimum Gasteiger partial charge on any atom is -0.315 e. The lowest BCUT2D eigenvalue weighted by Crippen LogP contribution is -2.18. The molecular formula is C9H11NS. The standard InChI is InChI=1S/C9H11NS/c1-2-8(11-3-1)9-4-7(9)5-10-6-9/h1-3,7,10H,4-6H2/t7?,9-/m1/s1. The zero-order chi connectivity index (χ0) is 7.31. The van der Waals surface area contributed by atoms with Gasteiger partial charge < -0.3 is 5.32 Å². The van der Waals surface area contributed by atoms with Gasteiger partial charge in [0.15, 0.2) is 0 Å². The second-order valence-electron chi connectivity index (χ2n) is 3.67. The van der Waals surface area contributed by atoms with Crippen LogP contribution in [0.5, 0.6) is 0 Å². The highest BCUT2D eigenvalue weighted by Crippen LogP contribution is 2.57. The third-order valence-corrected chi connectivity index (χ3v) is 4.16. The molecule has 0 spiro atoms. The summed E-state index contributed by atoms with van der Waals surface area (Å²) >= 11 is 1.92. The van der Waals surface area contributed by atoms with Crippen molar-refractivity contribution in [1.29, 1.82) is 0 Å². The van der Waals surface area contributed by atoms with Gasteiger partial charge in [-0.3, -0.25) is 0 Å². The summed E-state index contributed by atoms with van der Waals surface area (Å²) in [6.45, 7) is 2.47. The predicted molar refractivity (Wildman–Crippen MR) is 47.0 cm³/mol. The van der Waals surface area contributed by atoms with Crippen molar-refractivity contribution in [2.45, 2.75) is 11.8 Å². The highest BCUT2D eigenvalue weighted by Gasteiger charge is 2.58. The van der Waals surface area contributed by atoms with E-state index >= 15 is 0 Å². The molecule has 0 bridgehead atoms. The number of nitrogens with one attached hydrogen (secondary N) is 1. The zero-order valence-corrected chi connectivity index (χ0v) is 7.16. The molecule has 1 aliphatic heterocycles. The van der Waals surface area contributed by atoms with Crippen LogP contribution in [0.4, 0.5) is 0 Å². The average molecular weight is 165 g/mol. The second kappa shape index (κ2) is 1.87. The summed E-state index contributed by atoms with van der Waals surface area (Å²) in [5, 5.41) is 5.65. The van der Waals surface area contributed by atoms with Crippen molar-refractivity contribution in [1.82, 2.24) is 5.32 Å². The minimum atomic E-state index is 0.591. The van der Waals surface area contributed by atoms with E-state index < -0.39 is 0 Å². The van der Waals surface area contributed by atoms with Crippen molar-refractivity contribution in [3.63, 3.8) is 0 Å². The Morgan fingerprint density at radius 2 is 2.64 bits per heavy atom. The van der Waals surface area contributed by atoms with E-state index in [4.69, 9.17) is 0 Å². The van der Waals surface area contributed by atoms with Crippen LogP contribution >= 0.6 is 11.3 Å². The van der Waals surface area contributed by atoms with Crippen LogP contribution in [-0.4, -0.2) is 13.1 Å². The molecule has 2 aliphatic rings. The van der Waals surface area contributed by atoms with Crippen LogP contribution in [0.2, 0.25) is 0 Å². The maximum absolute atomic E-state index is 3.46. The molecule has 11 heavy (non-hydrogen) atoms. The summed E-state index contributed by atoms with van der Waals surface area (Å²) in [4.78, 5) is 1.60. The fourth-order valence-electron chi connectivity index (χ4n) is 2.29. The van der Waals surface area contributed by atoms with E-state index in [1.54, 1.807) is 4.88 Å². The highest BCUT2D eigenvalue weighted by molar-refractivity contribution is 7.10. The first-order chi connectivity index (χ1) is 5.42. The molecule has 0 amide bonds. The lowest BCUT2D eigenvalue weighted by atomic mass is 10.1. The van der Waals surface area contributed by atoms with Crippen molar-refractivity contribution in [2.75, 3.05) is 13.1 Å². The lowest BCUT2D eigenvalue weighted by Gasteiger charge is -2.07. The molecule has 1 unspecified atom stereocenters. The van der Waals surface area contributed by atoms with Gasteiger partial charge in [-0.1, -0.05) is 6.07 Å². The Morgan fingerprint density at radius 3 is 3.18 bits per heavy atom. The summed E-state index contributed by atoms with van der Waals surface area (Å²) in [6, 6.07) is 4.46. The second-order valence-corrected chi connectivity index (χ2v) is 4.61. The quantitative estimate of drug-likeness (QED) is 0.666. The zero-order valence-electron chi connectivity index (χ0n) is 6.34. The van der Waals surface area contributed by atoms with Crippen LogP contribution in [0.1, 0.15) is 11.3 Å². The Bertz CT molecular complexity index is 267. The Kier molecular flexibility index (Phi) is 1.06. The van der Waals surface area contributed by atoms with Gasteiger partial charge >= 0.3 is 0 Å². The maximum Gasteiger partial charge on any atom is 0.0216 e. The lowest BCUT2D eigenvalue weighted by molar-refractivity contribution is 0.685. The van der Waals surface area contributed by atoms with Gasteiger partial charge in [0.2, 0.25) is 0 Å². The maximum atomic E-state index is 3.46. The van der Waals surface area contributed by atoms with Crippen molar-refractivity contribution in [3.8, 4) is 0 Å². The summed E-state index contributed by atoms with van der Waals surface area (Å²) in [7, 11) is 0. The first-order valence-corrected chi connectivity index (χ1v) is 5.04. The van der Waals surface area contributed by atoms with Crippen molar-refractivity contribution >= 4 is 11.3 Å². The van der Waals surface area contributed by atoms with Crippen LogP contribution in [0.25, 0.3) is 0 Å². The summed E-state index contributed by atoms with van der Waals surface area (Å²) in [5.41, 5.74) is 0.591. The number of hydrogen-bond donors (Lipinski definition) is 1. The fourth-order valence-corrected chi connectivity index (χ4v) is 3.30. The molecular weight excluding hydrogens is 154 g/mol. The molecule has 1 nitrogen and oxygen atoms in total. The number of rotatable bonds is 1. The molecule has 1 N–H and O–H groups in total. The number of piperidine rings is 1. The van der Waals surface area contributed by atoms with Gasteiger partial charge in [0.25, 0.3) is 0 Å². The van der Waals surface area contributed by atoms with Crippen LogP contribution in [0, 0.1) is 5.92 Å². The molecule has 2 atom stereocenters. The Labute approximate surface area is 70.4 Å². The number of fused-ring (bicyclic) bond motifs is 1. The molecule has 1 aromatic heterocycles. The third-order valence-electron chi connectivity index (χ3n) is 3.08. The topological polar surface area (TPSA) is 12.0 Å². The monoisotopic (exact) mass is 165 g/mol. The van der Waals surface area contributed by atoms with E-state index in [0.717, 1.165) is 5.92 Å². The van der Waals surface area contributed by atoms with Crippen molar-refractivity contribution in [2.24, 2.45) is 5.92 Å². The molecule has 3 rings (SSSR count). The fraction of sp³-hybridized carbons (Fsp3) is 0.556. The minimum absolute atomic E-state index is 0.591. The van der Waals surface area contributed by atoms with Crippen LogP contribution in [0.15, 0.2) is 17.5 Å². The first-order valence-electron chi connectivity index (χ1n) is 4.16. The largest absolute Gasteiger partial charge is 0.315 e. The van der Waals surface area contributed by atoms with E-state index in [0.29, 0.717) is 5.41 Å². The third kappa shape index (κ3) is 0.690. The van der Waals surface area contributed by atoms with Crippen LogP contribution in [0.3, 0.4) is 0 Å². The molecule has 1 saturated heterocycles. The van der Waals surface area contributed by atoms with Gasteiger partial charge in [-0.05, 0) is 30.3 Å². The molecule has 2 heterocycles. The average Bonchev–Trinajstić information content (AvgIpc) is 2.56. The highest BCUT2D eigenvalue weighted by atomic mass is 32.1. The predicted octanol–water partition coefficient (Wildman–Crippen LogP) is 1.61. The SMILES string of the molecule is c1csc([C@]23CNCC2C3)c1. The van der Waals surface area contributed by atoms with Gasteiger partial charge in [0, 0.05) is 16.8 Å². The first kappa shape index (κ1) is 6.21. The molecule has 1 aliphatic carbocycles. The van der Waals surface area contributed by atoms with Crippen molar-refractivity contribution in [3.05, 3.63) is 22.4 Å². The number of hydrogen-bond acceptors (Lipinski definition) is 2. The Hall–Kier alpha value is -0.340. The molecule has 0 radical (unpaired) electrons. The van der Waals surface area contributed by atoms with Crippen molar-refractivity contribution < 1.29 is 0 Å². The van der Waals surface area contributed by atoms with Crippen LogP contribution < -0.4 is 5.32 Å². The van der Waals surface area contributed by atoms with Gasteiger partial charge in [-0.25, -0.2) is 0 Å². The van der Waals surface area contributed by atoms with E-state index in [1.165, 1.54) is 19.5 Å². The van der Waals surface area contributed by atoms with E-state index in [-0.39, 0.29) is 0 Å². The molecule has 2 fully saturated rings. The number of thiophene rings is 1. The van der Waals surface area contributed by atoms with Gasteiger partial charge in [-0.15, -0.1) is 11.3 Å². The summed E-state index contributed by atoms with van der Waals surface area (Å²) in [5.74, 6) is 0.959. The summed E-state index contributed by atoms with van der Waals surface area (Å²) in [6.07, 6.45) is 1.43. The van der Waals surface area contributed by atoms with Crippen LogP contribution in [-0.2, 0) is 5.41 Å². The summed E-state index contributed by atoms with van der Waals surface area (Å²) < 4.78 is 0. The molecule has 1 saturated carbocycles. The van der Waals surface area contributed by atoms with E-state index in [1.807, 2.05) is 11.3 Å². The molecule has 2 heteroatoms. The van der Waals surface area contributed by atoms with Gasteiger partial charge in [0.05, 0.1) is 0 Å².